The normalized spacial score (nSPS) is 20.4. The summed E-state index contributed by atoms with van der Waals surface area (Å²) in [5, 5.41) is 6.96. The van der Waals surface area contributed by atoms with E-state index >= 15 is 0 Å². The maximum Gasteiger partial charge on any atom is 0.274 e. The predicted molar refractivity (Wildman–Crippen MR) is 56.5 cm³/mol. The van der Waals surface area contributed by atoms with Crippen molar-refractivity contribution < 1.29 is 9.18 Å². The maximum absolute atomic E-state index is 13.0. The summed E-state index contributed by atoms with van der Waals surface area (Å²) < 4.78 is 14.1. The van der Waals surface area contributed by atoms with Crippen molar-refractivity contribution in [3.05, 3.63) is 17.7 Å². The van der Waals surface area contributed by atoms with E-state index in [1.54, 1.807) is 4.90 Å². The summed E-state index contributed by atoms with van der Waals surface area (Å²) in [5.41, 5.74) is 0.178. The highest BCUT2D eigenvalue weighted by atomic mass is 19.1. The van der Waals surface area contributed by atoms with Crippen LogP contribution in [0.25, 0.3) is 0 Å². The topological polar surface area (TPSA) is 50.2 Å². The molecule has 5 nitrogen and oxygen atoms in total. The van der Waals surface area contributed by atoms with E-state index in [-0.39, 0.29) is 11.6 Å². The van der Waals surface area contributed by atoms with Gasteiger partial charge in [0, 0.05) is 32.2 Å². The van der Waals surface area contributed by atoms with Gasteiger partial charge in [-0.15, -0.1) is 0 Å². The summed E-state index contributed by atoms with van der Waals surface area (Å²) in [6, 6.07) is 1.51. The van der Waals surface area contributed by atoms with E-state index in [0.29, 0.717) is 19.1 Å². The quantitative estimate of drug-likeness (QED) is 0.772. The van der Waals surface area contributed by atoms with E-state index < -0.39 is 5.95 Å². The van der Waals surface area contributed by atoms with Crippen LogP contribution >= 0.6 is 0 Å². The molecule has 1 fully saturated rings. The molecule has 1 aromatic rings. The van der Waals surface area contributed by atoms with E-state index in [2.05, 4.69) is 10.4 Å². The highest BCUT2D eigenvalue weighted by Gasteiger charge is 2.27. The lowest BCUT2D eigenvalue weighted by Gasteiger charge is -2.14. The standard InChI is InChI=1S/C10H15FN4O/c1-12-7-3-4-15(6-7)10(16)8-5-9(11)14(2)13-8/h5,7,12H,3-4,6H2,1-2H3. The number of likely N-dealkylation sites (tertiary alicyclic amines) is 1. The summed E-state index contributed by atoms with van der Waals surface area (Å²) in [7, 11) is 3.35. The minimum Gasteiger partial charge on any atom is -0.336 e. The van der Waals surface area contributed by atoms with Gasteiger partial charge in [-0.3, -0.25) is 4.79 Å². The van der Waals surface area contributed by atoms with Crippen molar-refractivity contribution in [3.63, 3.8) is 0 Å². The zero-order valence-corrected chi connectivity index (χ0v) is 9.40. The fraction of sp³-hybridized carbons (Fsp3) is 0.600. The van der Waals surface area contributed by atoms with E-state index in [1.165, 1.54) is 13.1 Å². The predicted octanol–water partition coefficient (Wildman–Crippen LogP) is -0.00690. The molecule has 2 heterocycles. The molecule has 0 radical (unpaired) electrons. The van der Waals surface area contributed by atoms with Crippen LogP contribution in [0.5, 0.6) is 0 Å². The number of aromatic nitrogens is 2. The Hall–Kier alpha value is -1.43. The second kappa shape index (κ2) is 4.21. The van der Waals surface area contributed by atoms with Crippen LogP contribution in [-0.2, 0) is 7.05 Å². The molecule has 88 valence electrons. The number of likely N-dealkylation sites (N-methyl/N-ethyl adjacent to an activating group) is 1. The number of carbonyl (C=O) groups is 1. The van der Waals surface area contributed by atoms with Crippen molar-refractivity contribution in [3.8, 4) is 0 Å². The number of carbonyl (C=O) groups excluding carboxylic acids is 1. The number of hydrogen-bond acceptors (Lipinski definition) is 3. The molecule has 1 aromatic heterocycles. The Kier molecular flexibility index (Phi) is 2.91. The summed E-state index contributed by atoms with van der Waals surface area (Å²) in [6.45, 7) is 1.36. The van der Waals surface area contributed by atoms with Crippen molar-refractivity contribution in [1.29, 1.82) is 0 Å². The second-order valence-electron chi connectivity index (χ2n) is 4.00. The van der Waals surface area contributed by atoms with Gasteiger partial charge in [0.1, 0.15) is 0 Å². The molecule has 1 unspecified atom stereocenters. The zero-order chi connectivity index (χ0) is 11.7. The fourth-order valence-corrected chi connectivity index (χ4v) is 1.89. The van der Waals surface area contributed by atoms with Gasteiger partial charge < -0.3 is 10.2 Å². The molecule has 2 rings (SSSR count). The Labute approximate surface area is 93.2 Å². The van der Waals surface area contributed by atoms with Gasteiger partial charge in [0.05, 0.1) is 0 Å². The van der Waals surface area contributed by atoms with E-state index in [4.69, 9.17) is 0 Å². The van der Waals surface area contributed by atoms with Gasteiger partial charge in [0.15, 0.2) is 5.69 Å². The summed E-state index contributed by atoms with van der Waals surface area (Å²) in [5.74, 6) is -0.690. The molecule has 1 saturated heterocycles. The van der Waals surface area contributed by atoms with Crippen LogP contribution in [0.4, 0.5) is 4.39 Å². The number of hydrogen-bond donors (Lipinski definition) is 1. The van der Waals surface area contributed by atoms with Crippen molar-refractivity contribution in [2.24, 2.45) is 7.05 Å². The van der Waals surface area contributed by atoms with Gasteiger partial charge in [-0.05, 0) is 13.5 Å². The number of nitrogens with zero attached hydrogens (tertiary/aromatic N) is 3. The molecule has 1 aliphatic heterocycles. The van der Waals surface area contributed by atoms with Gasteiger partial charge in [-0.25, -0.2) is 4.68 Å². The molecule has 16 heavy (non-hydrogen) atoms. The van der Waals surface area contributed by atoms with Gasteiger partial charge >= 0.3 is 0 Å². The van der Waals surface area contributed by atoms with Crippen LogP contribution < -0.4 is 5.32 Å². The Balaban J connectivity index is 2.08. The lowest BCUT2D eigenvalue weighted by molar-refractivity contribution is 0.0783. The molecule has 0 aliphatic carbocycles. The van der Waals surface area contributed by atoms with Crippen LogP contribution in [0.3, 0.4) is 0 Å². The maximum atomic E-state index is 13.0. The number of aryl methyl sites for hydroxylation is 1. The molecule has 0 spiro atoms. The average Bonchev–Trinajstić information content (AvgIpc) is 2.86. The van der Waals surface area contributed by atoms with Crippen molar-refractivity contribution in [2.45, 2.75) is 12.5 Å². The third kappa shape index (κ3) is 1.92. The van der Waals surface area contributed by atoms with Crippen LogP contribution in [0.15, 0.2) is 6.07 Å². The Bertz CT molecular complexity index is 384. The highest BCUT2D eigenvalue weighted by Crippen LogP contribution is 2.13. The van der Waals surface area contributed by atoms with E-state index in [1.807, 2.05) is 7.05 Å². The number of halogens is 1. The van der Waals surface area contributed by atoms with Crippen molar-refractivity contribution >= 4 is 5.91 Å². The molecule has 1 aliphatic rings. The van der Waals surface area contributed by atoms with Gasteiger partial charge in [-0.1, -0.05) is 0 Å². The largest absolute Gasteiger partial charge is 0.336 e. The number of nitrogens with one attached hydrogen (secondary N) is 1. The van der Waals surface area contributed by atoms with Crippen LogP contribution in [0.1, 0.15) is 16.9 Å². The first-order valence-corrected chi connectivity index (χ1v) is 5.28. The second-order valence-corrected chi connectivity index (χ2v) is 4.00. The Morgan fingerprint density at radius 2 is 2.44 bits per heavy atom. The van der Waals surface area contributed by atoms with Gasteiger partial charge in [0.25, 0.3) is 5.91 Å². The molecule has 0 bridgehead atoms. The molecule has 0 aromatic carbocycles. The third-order valence-electron chi connectivity index (χ3n) is 2.93. The average molecular weight is 226 g/mol. The van der Waals surface area contributed by atoms with Crippen LogP contribution in [0, 0.1) is 5.95 Å². The van der Waals surface area contributed by atoms with Crippen molar-refractivity contribution in [1.82, 2.24) is 20.0 Å². The fourth-order valence-electron chi connectivity index (χ4n) is 1.89. The smallest absolute Gasteiger partial charge is 0.274 e. The van der Waals surface area contributed by atoms with Crippen LogP contribution in [0.2, 0.25) is 0 Å². The first-order chi connectivity index (χ1) is 7.61. The number of rotatable bonds is 2. The molecule has 6 heteroatoms. The molecule has 1 atom stereocenters. The van der Waals surface area contributed by atoms with Gasteiger partial charge in [0.2, 0.25) is 5.95 Å². The lowest BCUT2D eigenvalue weighted by Crippen LogP contribution is -2.33. The third-order valence-corrected chi connectivity index (χ3v) is 2.93. The Morgan fingerprint density at radius 1 is 1.69 bits per heavy atom. The van der Waals surface area contributed by atoms with Crippen molar-refractivity contribution in [2.75, 3.05) is 20.1 Å². The molecule has 1 amide bonds. The van der Waals surface area contributed by atoms with Gasteiger partial charge in [-0.2, -0.15) is 9.49 Å². The lowest BCUT2D eigenvalue weighted by atomic mass is 10.3. The number of amides is 1. The SMILES string of the molecule is CNC1CCN(C(=O)c2cc(F)n(C)n2)C1. The monoisotopic (exact) mass is 226 g/mol. The molecular weight excluding hydrogens is 211 g/mol. The van der Waals surface area contributed by atoms with E-state index in [0.717, 1.165) is 11.1 Å². The molecule has 0 saturated carbocycles. The van der Waals surface area contributed by atoms with Crippen LogP contribution in [-0.4, -0.2) is 46.8 Å². The zero-order valence-electron chi connectivity index (χ0n) is 9.40. The highest BCUT2D eigenvalue weighted by molar-refractivity contribution is 5.92. The Morgan fingerprint density at radius 3 is 2.94 bits per heavy atom. The minimum atomic E-state index is -0.493. The first kappa shape index (κ1) is 11.1. The summed E-state index contributed by atoms with van der Waals surface area (Å²) >= 11 is 0. The molecular formula is C10H15FN4O. The minimum absolute atomic E-state index is 0.178. The molecule has 1 N–H and O–H groups in total. The first-order valence-electron chi connectivity index (χ1n) is 5.28. The summed E-state index contributed by atoms with van der Waals surface area (Å²) in [4.78, 5) is 13.6. The summed E-state index contributed by atoms with van der Waals surface area (Å²) in [6.07, 6.45) is 0.928. The van der Waals surface area contributed by atoms with E-state index in [9.17, 15) is 9.18 Å².